The van der Waals surface area contributed by atoms with E-state index in [0.717, 1.165) is 6.07 Å². The van der Waals surface area contributed by atoms with Gasteiger partial charge in [-0.3, -0.25) is 9.80 Å². The number of benzene rings is 1. The lowest BCUT2D eigenvalue weighted by atomic mass is 10.1. The van der Waals surface area contributed by atoms with Crippen LogP contribution in [0.15, 0.2) is 34.7 Å². The Kier molecular flexibility index (Phi) is 5.43. The lowest BCUT2D eigenvalue weighted by Gasteiger charge is -2.24. The lowest BCUT2D eigenvalue weighted by molar-refractivity contribution is -0.124. The molecule has 0 radical (unpaired) electrons. The minimum Gasteiger partial charge on any atom is -0.353 e. The smallest absolute Gasteiger partial charge is 0.241 e. The molecule has 0 atom stereocenters. The number of aromatic nitrogens is 2. The number of hydrogen-bond acceptors (Lipinski definition) is 7. The fraction of sp³-hybridized carbons (Fsp3) is 0.294. The molecule has 2 heterocycles. The monoisotopic (exact) mass is 374 g/mol. The van der Waals surface area contributed by atoms with E-state index in [1.807, 2.05) is 6.92 Å². The summed E-state index contributed by atoms with van der Waals surface area (Å²) >= 11 is 0. The Bertz CT molecular complexity index is 918. The third-order valence-electron chi connectivity index (χ3n) is 3.97. The summed E-state index contributed by atoms with van der Waals surface area (Å²) in [5, 5.41) is 11.2. The summed E-state index contributed by atoms with van der Waals surface area (Å²) in [6.45, 7) is 3.07. The normalized spacial score (nSPS) is 14.9. The van der Waals surface area contributed by atoms with Crippen molar-refractivity contribution in [1.82, 2.24) is 20.3 Å². The molecule has 2 aromatic rings. The summed E-state index contributed by atoms with van der Waals surface area (Å²) in [6.07, 6.45) is 1.93. The van der Waals surface area contributed by atoms with Crippen LogP contribution in [0.5, 0.6) is 0 Å². The number of nitrogens with zero attached hydrogens (tertiary/aromatic N) is 5. The highest BCUT2D eigenvalue weighted by Crippen LogP contribution is 2.28. The van der Waals surface area contributed by atoms with Crippen LogP contribution in [0.3, 0.4) is 0 Å². The SMILES string of the molecule is CC/C(=N\N1CCNC(=O)C1)c1ccnc(-c2ccc(N=O)c(F)c2F)n1. The summed E-state index contributed by atoms with van der Waals surface area (Å²) in [7, 11) is 0. The molecule has 0 unspecified atom stereocenters. The molecule has 1 saturated heterocycles. The number of rotatable bonds is 5. The summed E-state index contributed by atoms with van der Waals surface area (Å²) in [4.78, 5) is 30.2. The second kappa shape index (κ2) is 7.94. The van der Waals surface area contributed by atoms with Crippen LogP contribution in [-0.2, 0) is 4.79 Å². The van der Waals surface area contributed by atoms with Gasteiger partial charge in [-0.15, -0.1) is 4.91 Å². The molecular formula is C17H16F2N6O2. The van der Waals surface area contributed by atoms with Gasteiger partial charge in [-0.1, -0.05) is 6.92 Å². The Balaban J connectivity index is 1.96. The molecule has 3 rings (SSSR count). The van der Waals surface area contributed by atoms with Gasteiger partial charge in [0.2, 0.25) is 5.91 Å². The van der Waals surface area contributed by atoms with E-state index in [0.29, 0.717) is 30.9 Å². The van der Waals surface area contributed by atoms with Gasteiger partial charge < -0.3 is 5.32 Å². The molecule has 10 heteroatoms. The van der Waals surface area contributed by atoms with Crippen molar-refractivity contribution < 1.29 is 13.6 Å². The van der Waals surface area contributed by atoms with E-state index >= 15 is 0 Å². The fourth-order valence-corrected chi connectivity index (χ4v) is 2.62. The minimum absolute atomic E-state index is 0.0427. The van der Waals surface area contributed by atoms with Gasteiger partial charge in [0.05, 0.1) is 23.5 Å². The maximum Gasteiger partial charge on any atom is 0.241 e. The van der Waals surface area contributed by atoms with E-state index in [9.17, 15) is 18.5 Å². The van der Waals surface area contributed by atoms with Gasteiger partial charge in [-0.05, 0) is 29.8 Å². The second-order valence-electron chi connectivity index (χ2n) is 5.76. The highest BCUT2D eigenvalue weighted by molar-refractivity contribution is 5.99. The first-order valence-electron chi connectivity index (χ1n) is 8.27. The topological polar surface area (TPSA) is 99.9 Å². The van der Waals surface area contributed by atoms with Crippen molar-refractivity contribution in [1.29, 1.82) is 0 Å². The van der Waals surface area contributed by atoms with Crippen molar-refractivity contribution in [3.05, 3.63) is 46.6 Å². The first-order valence-corrected chi connectivity index (χ1v) is 8.27. The Hall–Kier alpha value is -3.30. The van der Waals surface area contributed by atoms with Crippen molar-refractivity contribution >= 4 is 17.3 Å². The van der Waals surface area contributed by atoms with Gasteiger partial charge in [0.15, 0.2) is 17.5 Å². The van der Waals surface area contributed by atoms with Gasteiger partial charge in [-0.2, -0.15) is 5.10 Å². The van der Waals surface area contributed by atoms with Crippen LogP contribution in [0.4, 0.5) is 14.5 Å². The highest BCUT2D eigenvalue weighted by atomic mass is 19.2. The molecule has 1 aliphatic rings. The van der Waals surface area contributed by atoms with Crippen LogP contribution in [-0.4, -0.2) is 46.2 Å². The summed E-state index contributed by atoms with van der Waals surface area (Å²) in [6, 6.07) is 3.87. The molecule has 0 saturated carbocycles. The van der Waals surface area contributed by atoms with Crippen LogP contribution in [0.25, 0.3) is 11.4 Å². The third kappa shape index (κ3) is 3.94. The number of carbonyl (C=O) groups excluding carboxylic acids is 1. The number of hydrazone groups is 1. The summed E-state index contributed by atoms with van der Waals surface area (Å²) < 4.78 is 28.1. The summed E-state index contributed by atoms with van der Waals surface area (Å²) in [5.74, 6) is -2.75. The highest BCUT2D eigenvalue weighted by Gasteiger charge is 2.19. The number of nitrogens with one attached hydrogen (secondary N) is 1. The molecule has 0 spiro atoms. The lowest BCUT2D eigenvalue weighted by Crippen LogP contribution is -2.45. The van der Waals surface area contributed by atoms with E-state index in [1.165, 1.54) is 12.3 Å². The van der Waals surface area contributed by atoms with Crippen LogP contribution in [0.2, 0.25) is 0 Å². The molecule has 27 heavy (non-hydrogen) atoms. The van der Waals surface area contributed by atoms with Gasteiger partial charge in [0, 0.05) is 12.7 Å². The Morgan fingerprint density at radius 1 is 1.30 bits per heavy atom. The van der Waals surface area contributed by atoms with Gasteiger partial charge >= 0.3 is 0 Å². The van der Waals surface area contributed by atoms with Crippen LogP contribution < -0.4 is 5.32 Å². The van der Waals surface area contributed by atoms with E-state index in [1.54, 1.807) is 11.1 Å². The van der Waals surface area contributed by atoms with Crippen molar-refractivity contribution in [3.63, 3.8) is 0 Å². The van der Waals surface area contributed by atoms with Crippen molar-refractivity contribution in [2.45, 2.75) is 13.3 Å². The van der Waals surface area contributed by atoms with Crippen molar-refractivity contribution in [2.24, 2.45) is 10.3 Å². The van der Waals surface area contributed by atoms with Crippen LogP contribution in [0, 0.1) is 16.5 Å². The Labute approximate surface area is 153 Å². The Morgan fingerprint density at radius 3 is 2.81 bits per heavy atom. The Morgan fingerprint density at radius 2 is 2.11 bits per heavy atom. The molecule has 1 aromatic heterocycles. The molecule has 1 aromatic carbocycles. The third-order valence-corrected chi connectivity index (χ3v) is 3.97. The first kappa shape index (κ1) is 18.5. The number of hydrogen-bond donors (Lipinski definition) is 1. The molecule has 1 amide bonds. The average Bonchev–Trinajstić information content (AvgIpc) is 2.68. The van der Waals surface area contributed by atoms with E-state index in [4.69, 9.17) is 0 Å². The molecule has 1 aliphatic heterocycles. The maximum absolute atomic E-state index is 14.2. The first-order chi connectivity index (χ1) is 13.0. The predicted molar refractivity (Wildman–Crippen MR) is 94.2 cm³/mol. The molecule has 0 bridgehead atoms. The van der Waals surface area contributed by atoms with Gasteiger partial charge in [-0.25, -0.2) is 18.7 Å². The number of nitroso groups, excluding NO2 is 1. The van der Waals surface area contributed by atoms with E-state index < -0.39 is 17.3 Å². The summed E-state index contributed by atoms with van der Waals surface area (Å²) in [5.41, 5.74) is 0.215. The maximum atomic E-state index is 14.2. The van der Waals surface area contributed by atoms with Gasteiger partial charge in [0.1, 0.15) is 12.2 Å². The molecule has 8 nitrogen and oxygen atoms in total. The second-order valence-corrected chi connectivity index (χ2v) is 5.76. The number of carbonyl (C=O) groups is 1. The number of piperazine rings is 1. The quantitative estimate of drug-likeness (QED) is 0.640. The van der Waals surface area contributed by atoms with Crippen LogP contribution in [0.1, 0.15) is 19.0 Å². The average molecular weight is 374 g/mol. The zero-order chi connectivity index (χ0) is 19.4. The molecule has 140 valence electrons. The zero-order valence-corrected chi connectivity index (χ0v) is 14.4. The van der Waals surface area contributed by atoms with E-state index in [-0.39, 0.29) is 23.8 Å². The molecule has 0 aliphatic carbocycles. The predicted octanol–water partition coefficient (Wildman–Crippen LogP) is 2.37. The largest absolute Gasteiger partial charge is 0.353 e. The molecule has 1 N–H and O–H groups in total. The molecule has 1 fully saturated rings. The molecular weight excluding hydrogens is 358 g/mol. The van der Waals surface area contributed by atoms with E-state index in [2.05, 4.69) is 25.6 Å². The van der Waals surface area contributed by atoms with Crippen molar-refractivity contribution in [2.75, 3.05) is 19.6 Å². The standard InChI is InChI=1S/C17H16F2N6O2/c1-2-11(23-25-8-7-20-14(26)9-25)12-5-6-21-17(22-12)10-3-4-13(24-27)16(19)15(10)18/h3-6H,2,7-9H2,1H3,(H,20,26)/b23-11+. The van der Waals surface area contributed by atoms with Crippen LogP contribution >= 0.6 is 0 Å². The van der Waals surface area contributed by atoms with Crippen molar-refractivity contribution in [3.8, 4) is 11.4 Å². The fourth-order valence-electron chi connectivity index (χ4n) is 2.62. The zero-order valence-electron chi connectivity index (χ0n) is 14.4. The minimum atomic E-state index is -1.35. The number of amides is 1. The van der Waals surface area contributed by atoms with Gasteiger partial charge in [0.25, 0.3) is 0 Å². The number of halogens is 2.